The minimum absolute atomic E-state index is 0.454. The molecule has 1 nitrogen and oxygen atoms in total. The number of benzene rings is 3. The highest BCUT2D eigenvalue weighted by Crippen LogP contribution is 2.54. The van der Waals surface area contributed by atoms with Crippen molar-refractivity contribution in [1.82, 2.24) is 0 Å². The van der Waals surface area contributed by atoms with Crippen molar-refractivity contribution in [2.75, 3.05) is 0 Å². The van der Waals surface area contributed by atoms with Gasteiger partial charge in [0, 0.05) is 5.39 Å². The van der Waals surface area contributed by atoms with E-state index in [1.54, 1.807) is 0 Å². The quantitative estimate of drug-likeness (QED) is 0.414. The van der Waals surface area contributed by atoms with Gasteiger partial charge in [-0.2, -0.15) is 0 Å². The van der Waals surface area contributed by atoms with Crippen LogP contribution in [0.15, 0.2) is 48.5 Å². The van der Waals surface area contributed by atoms with Crippen molar-refractivity contribution in [2.45, 2.75) is 76.5 Å². The zero-order chi connectivity index (χ0) is 19.8. The third-order valence-corrected chi connectivity index (χ3v) is 7.35. The summed E-state index contributed by atoms with van der Waals surface area (Å²) in [7, 11) is 0. The van der Waals surface area contributed by atoms with E-state index in [4.69, 9.17) is 0 Å². The van der Waals surface area contributed by atoms with Crippen LogP contribution < -0.4 is 0 Å². The van der Waals surface area contributed by atoms with Gasteiger partial charge >= 0.3 is 0 Å². The van der Waals surface area contributed by atoms with E-state index in [0.29, 0.717) is 17.6 Å². The molecule has 1 N–H and O–H groups in total. The molecule has 0 aromatic heterocycles. The number of rotatable bonds is 0. The Balaban J connectivity index is 1.74. The third kappa shape index (κ3) is 3.35. The molecule has 150 valence electrons. The Morgan fingerprint density at radius 3 is 2.10 bits per heavy atom. The molecular formula is C28H32O. The van der Waals surface area contributed by atoms with Crippen molar-refractivity contribution in [3.8, 4) is 16.9 Å². The first-order valence-electron chi connectivity index (χ1n) is 11.6. The third-order valence-electron chi connectivity index (χ3n) is 7.35. The van der Waals surface area contributed by atoms with E-state index in [1.807, 2.05) is 0 Å². The highest BCUT2D eigenvalue weighted by Gasteiger charge is 2.34. The average molecular weight is 385 g/mol. The average Bonchev–Trinajstić information content (AvgIpc) is 2.79. The normalized spacial score (nSPS) is 22.2. The summed E-state index contributed by atoms with van der Waals surface area (Å²) in [6.07, 6.45) is 12.0. The maximum atomic E-state index is 11.0. The molecule has 0 aliphatic heterocycles. The van der Waals surface area contributed by atoms with Gasteiger partial charge in [-0.1, -0.05) is 86.9 Å². The van der Waals surface area contributed by atoms with Crippen LogP contribution >= 0.6 is 0 Å². The lowest BCUT2D eigenvalue weighted by atomic mass is 9.67. The lowest BCUT2D eigenvalue weighted by Crippen LogP contribution is -2.18. The van der Waals surface area contributed by atoms with Gasteiger partial charge in [0.1, 0.15) is 5.75 Å². The Labute approximate surface area is 174 Å². The highest BCUT2D eigenvalue weighted by molar-refractivity contribution is 6.03. The van der Waals surface area contributed by atoms with Crippen LogP contribution in [0.2, 0.25) is 0 Å². The Hall–Kier alpha value is -2.28. The fourth-order valence-corrected chi connectivity index (χ4v) is 5.94. The summed E-state index contributed by atoms with van der Waals surface area (Å²) in [6, 6.07) is 17.8. The van der Waals surface area contributed by atoms with E-state index in [-0.39, 0.29) is 0 Å². The van der Waals surface area contributed by atoms with E-state index >= 15 is 0 Å². The standard InChI is InChI=1S/C28H32O/c1-19-15-16-24-25(17-19)27(29)18-26-22-12-8-6-4-2-3-5-7-11-20(22)21-13-9-10-14-23(21)28(24)26/h9-10,13-18,20,22,29H,2-8,11-12H2,1H3. The summed E-state index contributed by atoms with van der Waals surface area (Å²) in [5, 5.41) is 13.2. The second-order valence-corrected chi connectivity index (χ2v) is 9.26. The smallest absolute Gasteiger partial charge is 0.123 e. The summed E-state index contributed by atoms with van der Waals surface area (Å²) in [6.45, 7) is 2.10. The molecule has 1 heteroatoms. The van der Waals surface area contributed by atoms with Crippen LogP contribution in [0.4, 0.5) is 0 Å². The van der Waals surface area contributed by atoms with Crippen molar-refractivity contribution in [3.63, 3.8) is 0 Å². The van der Waals surface area contributed by atoms with Gasteiger partial charge < -0.3 is 5.11 Å². The van der Waals surface area contributed by atoms with Crippen molar-refractivity contribution >= 4 is 10.8 Å². The van der Waals surface area contributed by atoms with Crippen LogP contribution in [0.5, 0.6) is 5.75 Å². The molecule has 3 aromatic carbocycles. The Morgan fingerprint density at radius 2 is 1.34 bits per heavy atom. The first-order chi connectivity index (χ1) is 14.2. The van der Waals surface area contributed by atoms with Gasteiger partial charge in [-0.15, -0.1) is 0 Å². The van der Waals surface area contributed by atoms with Crippen molar-refractivity contribution in [2.24, 2.45) is 0 Å². The molecule has 29 heavy (non-hydrogen) atoms. The predicted molar refractivity (Wildman–Crippen MR) is 123 cm³/mol. The molecule has 2 aliphatic carbocycles. The number of fused-ring (bicyclic) bond motifs is 8. The zero-order valence-corrected chi connectivity index (χ0v) is 17.6. The monoisotopic (exact) mass is 384 g/mol. The first-order valence-corrected chi connectivity index (χ1v) is 11.6. The second kappa shape index (κ2) is 7.86. The number of hydrogen-bond acceptors (Lipinski definition) is 1. The van der Waals surface area contributed by atoms with Gasteiger partial charge in [-0.25, -0.2) is 0 Å². The Bertz CT molecular complexity index is 1030. The van der Waals surface area contributed by atoms with Crippen molar-refractivity contribution in [1.29, 1.82) is 0 Å². The van der Waals surface area contributed by atoms with Gasteiger partial charge in [0.05, 0.1) is 0 Å². The lowest BCUT2D eigenvalue weighted by Gasteiger charge is -2.37. The summed E-state index contributed by atoms with van der Waals surface area (Å²) >= 11 is 0. The maximum absolute atomic E-state index is 11.0. The molecule has 5 rings (SSSR count). The van der Waals surface area contributed by atoms with Gasteiger partial charge in [0.2, 0.25) is 0 Å². The van der Waals surface area contributed by atoms with Gasteiger partial charge in [0.25, 0.3) is 0 Å². The molecule has 1 saturated carbocycles. The maximum Gasteiger partial charge on any atom is 0.123 e. The molecule has 3 aromatic rings. The topological polar surface area (TPSA) is 20.2 Å². The predicted octanol–water partition coefficient (Wildman–Crippen LogP) is 8.23. The van der Waals surface area contributed by atoms with Crippen molar-refractivity contribution < 1.29 is 5.11 Å². The van der Waals surface area contributed by atoms with Crippen LogP contribution in [-0.4, -0.2) is 5.11 Å². The second-order valence-electron chi connectivity index (χ2n) is 9.26. The fourth-order valence-electron chi connectivity index (χ4n) is 5.94. The largest absolute Gasteiger partial charge is 0.507 e. The minimum atomic E-state index is 0.454. The lowest BCUT2D eigenvalue weighted by molar-refractivity contribution is 0.441. The molecule has 0 bridgehead atoms. The summed E-state index contributed by atoms with van der Waals surface area (Å²) in [5.74, 6) is 1.56. The van der Waals surface area contributed by atoms with E-state index in [9.17, 15) is 5.11 Å². The van der Waals surface area contributed by atoms with E-state index in [2.05, 4.69) is 55.5 Å². The van der Waals surface area contributed by atoms with E-state index < -0.39 is 0 Å². The Kier molecular flexibility index (Phi) is 5.08. The molecule has 0 amide bonds. The first kappa shape index (κ1) is 18.7. The number of phenols is 1. The molecule has 0 saturated heterocycles. The molecule has 2 unspecified atom stereocenters. The minimum Gasteiger partial charge on any atom is -0.507 e. The molecule has 0 spiro atoms. The number of hydrogen-bond donors (Lipinski definition) is 1. The summed E-state index contributed by atoms with van der Waals surface area (Å²) in [5.41, 5.74) is 6.90. The van der Waals surface area contributed by atoms with Crippen LogP contribution in [0.3, 0.4) is 0 Å². The molecule has 0 radical (unpaired) electrons. The van der Waals surface area contributed by atoms with Crippen LogP contribution in [0.1, 0.15) is 86.3 Å². The molecular weight excluding hydrogens is 352 g/mol. The zero-order valence-electron chi connectivity index (χ0n) is 17.6. The highest BCUT2D eigenvalue weighted by atomic mass is 16.3. The van der Waals surface area contributed by atoms with Crippen LogP contribution in [0.25, 0.3) is 21.9 Å². The molecule has 2 atom stereocenters. The van der Waals surface area contributed by atoms with Gasteiger partial charge in [-0.05, 0) is 71.4 Å². The number of phenolic OH excluding ortho intramolecular Hbond substituents is 1. The van der Waals surface area contributed by atoms with Crippen LogP contribution in [-0.2, 0) is 0 Å². The molecule has 2 aliphatic rings. The van der Waals surface area contributed by atoms with Crippen LogP contribution in [0, 0.1) is 6.92 Å². The fraction of sp³-hybridized carbons (Fsp3) is 0.429. The van der Waals surface area contributed by atoms with E-state index in [1.165, 1.54) is 91.0 Å². The molecule has 0 heterocycles. The van der Waals surface area contributed by atoms with Crippen molar-refractivity contribution in [3.05, 3.63) is 65.2 Å². The summed E-state index contributed by atoms with van der Waals surface area (Å²) < 4.78 is 0. The van der Waals surface area contributed by atoms with Gasteiger partial charge in [-0.3, -0.25) is 0 Å². The number of aromatic hydroxyl groups is 1. The molecule has 1 fully saturated rings. The van der Waals surface area contributed by atoms with Gasteiger partial charge in [0.15, 0.2) is 0 Å². The SMILES string of the molecule is Cc1ccc2c3c(cc(O)c2c1)C1CCCCCCCCCC1c1ccccc1-3. The summed E-state index contributed by atoms with van der Waals surface area (Å²) in [4.78, 5) is 0. The number of aryl methyl sites for hydroxylation is 1. The van der Waals surface area contributed by atoms with E-state index in [0.717, 1.165) is 5.39 Å². The Morgan fingerprint density at radius 1 is 0.690 bits per heavy atom.